The number of carbonyl (C=O) groups is 1. The molecule has 0 heterocycles. The maximum atomic E-state index is 11.7. The van der Waals surface area contributed by atoms with E-state index in [9.17, 15) is 9.90 Å². The smallest absolute Gasteiger partial charge is 0.336 e. The molecular weight excluding hydrogens is 356 g/mol. The highest BCUT2D eigenvalue weighted by atomic mass is 32.2. The molecule has 0 radical (unpaired) electrons. The molecule has 0 saturated heterocycles. The fourth-order valence-corrected chi connectivity index (χ4v) is 3.44. The molecule has 0 spiro atoms. The van der Waals surface area contributed by atoms with E-state index in [0.717, 1.165) is 18.0 Å². The number of amidine groups is 1. The Labute approximate surface area is 166 Å². The molecule has 0 atom stereocenters. The van der Waals surface area contributed by atoms with Gasteiger partial charge in [0, 0.05) is 35.5 Å². The second kappa shape index (κ2) is 9.09. The summed E-state index contributed by atoms with van der Waals surface area (Å²) in [6.45, 7) is 12.2. The number of hydrogen-bond acceptors (Lipinski definition) is 3. The largest absolute Gasteiger partial charge is 0.478 e. The van der Waals surface area contributed by atoms with Crippen LogP contribution in [0.3, 0.4) is 0 Å². The van der Waals surface area contributed by atoms with Crippen LogP contribution >= 0.6 is 11.9 Å². The predicted octanol–water partition coefficient (Wildman–Crippen LogP) is 5.48. The van der Waals surface area contributed by atoms with Gasteiger partial charge in [0.1, 0.15) is 5.84 Å². The molecule has 0 amide bonds. The summed E-state index contributed by atoms with van der Waals surface area (Å²) in [7, 11) is 0. The Bertz CT molecular complexity index is 804. The van der Waals surface area contributed by atoms with E-state index in [4.69, 9.17) is 4.40 Å². The monoisotopic (exact) mass is 384 g/mol. The van der Waals surface area contributed by atoms with Crippen LogP contribution in [0, 0.1) is 0 Å². The molecule has 5 heteroatoms. The minimum Gasteiger partial charge on any atom is -0.478 e. The average Bonchev–Trinajstić information content (AvgIpc) is 2.64. The van der Waals surface area contributed by atoms with Gasteiger partial charge in [0.2, 0.25) is 0 Å². The zero-order valence-electron chi connectivity index (χ0n) is 16.7. The summed E-state index contributed by atoms with van der Waals surface area (Å²) in [5, 5.41) is 9.55. The van der Waals surface area contributed by atoms with Crippen molar-refractivity contribution in [1.82, 2.24) is 4.90 Å². The third-order valence-electron chi connectivity index (χ3n) is 4.42. The first-order valence-electron chi connectivity index (χ1n) is 9.21. The first-order valence-corrected chi connectivity index (χ1v) is 9.98. The number of carboxylic acids is 1. The van der Waals surface area contributed by atoms with Gasteiger partial charge in [-0.15, -0.1) is 0 Å². The van der Waals surface area contributed by atoms with Crippen LogP contribution in [0.5, 0.6) is 0 Å². The summed E-state index contributed by atoms with van der Waals surface area (Å²) < 4.78 is 4.74. The first-order chi connectivity index (χ1) is 12.8. The molecule has 0 bridgehead atoms. The standard InChI is InChI=1S/C22H28N2O2S/c1-6-24(7-2)20(18-10-8-9-11-19(18)21(25)26)23-27-17-14-12-16(13-15-17)22(3,4)5/h8-15H,6-7H2,1-5H3,(H,25,26)/b23-20+. The van der Waals surface area contributed by atoms with E-state index in [1.807, 2.05) is 26.0 Å². The molecule has 0 fully saturated rings. The van der Waals surface area contributed by atoms with Crippen LogP contribution in [0.25, 0.3) is 0 Å². The fourth-order valence-electron chi connectivity index (χ4n) is 2.78. The van der Waals surface area contributed by atoms with E-state index in [1.54, 1.807) is 12.1 Å². The van der Waals surface area contributed by atoms with Crippen molar-refractivity contribution >= 4 is 23.8 Å². The normalized spacial score (nSPS) is 12.1. The molecule has 0 aliphatic rings. The molecule has 1 N–H and O–H groups in total. The number of rotatable bonds is 6. The lowest BCUT2D eigenvalue weighted by molar-refractivity contribution is 0.0696. The molecule has 0 aliphatic carbocycles. The Hall–Kier alpha value is -2.27. The Morgan fingerprint density at radius 2 is 1.56 bits per heavy atom. The number of hydrogen-bond donors (Lipinski definition) is 1. The molecule has 0 saturated carbocycles. The van der Waals surface area contributed by atoms with Crippen LogP contribution in [0.15, 0.2) is 57.8 Å². The summed E-state index contributed by atoms with van der Waals surface area (Å²) in [6, 6.07) is 15.4. The van der Waals surface area contributed by atoms with Crippen molar-refractivity contribution in [3.05, 3.63) is 65.2 Å². The van der Waals surface area contributed by atoms with Gasteiger partial charge < -0.3 is 10.0 Å². The van der Waals surface area contributed by atoms with E-state index in [2.05, 4.69) is 49.9 Å². The van der Waals surface area contributed by atoms with Crippen molar-refractivity contribution in [2.24, 2.45) is 4.40 Å². The Kier molecular flexibility index (Phi) is 7.08. The number of aromatic carboxylic acids is 1. The zero-order chi connectivity index (χ0) is 20.0. The van der Waals surface area contributed by atoms with Crippen molar-refractivity contribution in [2.45, 2.75) is 44.9 Å². The molecule has 2 aromatic carbocycles. The molecule has 0 aromatic heterocycles. The predicted molar refractivity (Wildman–Crippen MR) is 114 cm³/mol. The third kappa shape index (κ3) is 5.36. The first kappa shape index (κ1) is 21.0. The SMILES string of the molecule is CCN(CC)/C(=N/Sc1ccc(C(C)(C)C)cc1)c1ccccc1C(=O)O. The number of benzene rings is 2. The highest BCUT2D eigenvalue weighted by Crippen LogP contribution is 2.27. The van der Waals surface area contributed by atoms with E-state index in [-0.39, 0.29) is 11.0 Å². The molecule has 4 nitrogen and oxygen atoms in total. The van der Waals surface area contributed by atoms with Crippen molar-refractivity contribution in [3.8, 4) is 0 Å². The van der Waals surface area contributed by atoms with E-state index in [1.165, 1.54) is 17.5 Å². The highest BCUT2D eigenvalue weighted by molar-refractivity contribution is 7.98. The van der Waals surface area contributed by atoms with Crippen LogP contribution in [-0.4, -0.2) is 34.9 Å². The van der Waals surface area contributed by atoms with Crippen molar-refractivity contribution < 1.29 is 9.90 Å². The number of nitrogens with zero attached hydrogens (tertiary/aromatic N) is 2. The van der Waals surface area contributed by atoms with Crippen LogP contribution in [0.4, 0.5) is 0 Å². The van der Waals surface area contributed by atoms with Gasteiger partial charge in [-0.2, -0.15) is 4.40 Å². The van der Waals surface area contributed by atoms with Crippen LogP contribution in [-0.2, 0) is 5.41 Å². The molecule has 2 rings (SSSR count). The molecule has 0 aliphatic heterocycles. The minimum absolute atomic E-state index is 0.110. The lowest BCUT2D eigenvalue weighted by Gasteiger charge is -2.24. The van der Waals surface area contributed by atoms with Crippen molar-refractivity contribution in [1.29, 1.82) is 0 Å². The van der Waals surface area contributed by atoms with Gasteiger partial charge >= 0.3 is 5.97 Å². The Morgan fingerprint density at radius 3 is 2.04 bits per heavy atom. The summed E-state index contributed by atoms with van der Waals surface area (Å²) in [4.78, 5) is 14.8. The summed E-state index contributed by atoms with van der Waals surface area (Å²) in [6.07, 6.45) is 0. The van der Waals surface area contributed by atoms with Gasteiger partial charge in [-0.3, -0.25) is 0 Å². The molecule has 2 aromatic rings. The van der Waals surface area contributed by atoms with Crippen LogP contribution < -0.4 is 0 Å². The van der Waals surface area contributed by atoms with E-state index < -0.39 is 5.97 Å². The van der Waals surface area contributed by atoms with Crippen molar-refractivity contribution in [3.63, 3.8) is 0 Å². The summed E-state index contributed by atoms with van der Waals surface area (Å²) in [5.41, 5.74) is 2.30. The topological polar surface area (TPSA) is 52.9 Å². The van der Waals surface area contributed by atoms with Crippen LogP contribution in [0.2, 0.25) is 0 Å². The maximum absolute atomic E-state index is 11.7. The Morgan fingerprint density at radius 1 is 1.00 bits per heavy atom. The summed E-state index contributed by atoms with van der Waals surface area (Å²) in [5.74, 6) is -0.243. The molecule has 144 valence electrons. The fraction of sp³-hybridized carbons (Fsp3) is 0.364. The van der Waals surface area contributed by atoms with Gasteiger partial charge in [0.25, 0.3) is 0 Å². The lowest BCUT2D eigenvalue weighted by atomic mass is 9.87. The summed E-state index contributed by atoms with van der Waals surface area (Å²) >= 11 is 1.38. The van der Waals surface area contributed by atoms with Gasteiger partial charge in [0.05, 0.1) is 5.56 Å². The van der Waals surface area contributed by atoms with E-state index >= 15 is 0 Å². The molecule has 27 heavy (non-hydrogen) atoms. The third-order valence-corrected chi connectivity index (χ3v) is 5.17. The quantitative estimate of drug-likeness (QED) is 0.407. The zero-order valence-corrected chi connectivity index (χ0v) is 17.5. The van der Waals surface area contributed by atoms with Gasteiger partial charge in [-0.05, 0) is 43.0 Å². The molecular formula is C22H28N2O2S. The second-order valence-electron chi connectivity index (χ2n) is 7.30. The van der Waals surface area contributed by atoms with Crippen LogP contribution in [0.1, 0.15) is 56.1 Å². The van der Waals surface area contributed by atoms with Gasteiger partial charge in [0.15, 0.2) is 0 Å². The van der Waals surface area contributed by atoms with Gasteiger partial charge in [-0.25, -0.2) is 4.79 Å². The average molecular weight is 385 g/mol. The second-order valence-corrected chi connectivity index (χ2v) is 8.14. The number of carboxylic acid groups (broad SMARTS) is 1. The van der Waals surface area contributed by atoms with Crippen molar-refractivity contribution in [2.75, 3.05) is 13.1 Å². The van der Waals surface area contributed by atoms with Gasteiger partial charge in [-0.1, -0.05) is 51.1 Å². The molecule has 0 unspecified atom stereocenters. The minimum atomic E-state index is -0.940. The van der Waals surface area contributed by atoms with E-state index in [0.29, 0.717) is 11.4 Å². The Balaban J connectivity index is 2.39. The highest BCUT2D eigenvalue weighted by Gasteiger charge is 2.18. The maximum Gasteiger partial charge on any atom is 0.336 e. The lowest BCUT2D eigenvalue weighted by Crippen LogP contribution is -2.32.